The van der Waals surface area contributed by atoms with E-state index in [1.807, 2.05) is 4.90 Å². The zero-order chi connectivity index (χ0) is 10.2. The fourth-order valence-corrected chi connectivity index (χ4v) is 2.18. The fourth-order valence-electron chi connectivity index (χ4n) is 1.45. The van der Waals surface area contributed by atoms with Crippen LogP contribution in [-0.2, 0) is 0 Å². The van der Waals surface area contributed by atoms with Gasteiger partial charge in [-0.1, -0.05) is 11.3 Å². The van der Waals surface area contributed by atoms with E-state index in [9.17, 15) is 8.78 Å². The van der Waals surface area contributed by atoms with Crippen LogP contribution in [0.5, 0.6) is 0 Å². The first-order chi connectivity index (χ1) is 6.57. The molecule has 1 fully saturated rings. The quantitative estimate of drug-likeness (QED) is 0.785. The lowest BCUT2D eigenvalue weighted by atomic mass is 10.1. The summed E-state index contributed by atoms with van der Waals surface area (Å²) in [5.41, 5.74) is 5.52. The molecular formula is C8H11F2N3S. The molecule has 1 saturated heterocycles. The number of aromatic nitrogens is 1. The van der Waals surface area contributed by atoms with Gasteiger partial charge in [-0.3, -0.25) is 0 Å². The van der Waals surface area contributed by atoms with Gasteiger partial charge in [-0.2, -0.15) is 0 Å². The zero-order valence-electron chi connectivity index (χ0n) is 7.54. The van der Waals surface area contributed by atoms with E-state index < -0.39 is 5.92 Å². The van der Waals surface area contributed by atoms with Crippen molar-refractivity contribution in [3.8, 4) is 0 Å². The lowest BCUT2D eigenvalue weighted by Gasteiger charge is -2.31. The van der Waals surface area contributed by atoms with E-state index in [1.54, 1.807) is 6.20 Å². The van der Waals surface area contributed by atoms with Gasteiger partial charge >= 0.3 is 0 Å². The molecular weight excluding hydrogens is 208 g/mol. The number of rotatable bonds is 1. The Morgan fingerprint density at radius 2 is 2.07 bits per heavy atom. The van der Waals surface area contributed by atoms with Crippen LogP contribution in [0.2, 0.25) is 0 Å². The van der Waals surface area contributed by atoms with Gasteiger partial charge in [0, 0.05) is 25.9 Å². The predicted octanol–water partition coefficient (Wildman–Crippen LogP) is 1.96. The summed E-state index contributed by atoms with van der Waals surface area (Å²) >= 11 is 1.34. The van der Waals surface area contributed by atoms with Crippen LogP contribution >= 0.6 is 11.3 Å². The van der Waals surface area contributed by atoms with E-state index in [1.165, 1.54) is 11.3 Å². The molecule has 1 aromatic heterocycles. The smallest absolute Gasteiger partial charge is 0.251 e. The van der Waals surface area contributed by atoms with Gasteiger partial charge in [0.1, 0.15) is 5.00 Å². The summed E-state index contributed by atoms with van der Waals surface area (Å²) in [6.45, 7) is 0.722. The highest BCUT2D eigenvalue weighted by atomic mass is 32.1. The molecule has 2 heterocycles. The van der Waals surface area contributed by atoms with E-state index in [0.29, 0.717) is 18.1 Å². The molecule has 2 rings (SSSR count). The number of nitrogens with two attached hydrogens (primary N) is 1. The normalized spacial score (nSPS) is 21.1. The molecule has 2 N–H and O–H groups in total. The first kappa shape index (κ1) is 9.64. The molecule has 0 radical (unpaired) electrons. The summed E-state index contributed by atoms with van der Waals surface area (Å²) in [7, 11) is 0. The highest BCUT2D eigenvalue weighted by molar-refractivity contribution is 7.19. The highest BCUT2D eigenvalue weighted by Gasteiger charge is 2.34. The number of hydrogen-bond acceptors (Lipinski definition) is 4. The number of piperidine rings is 1. The van der Waals surface area contributed by atoms with Gasteiger partial charge < -0.3 is 10.6 Å². The Balaban J connectivity index is 2.02. The van der Waals surface area contributed by atoms with E-state index in [-0.39, 0.29) is 12.8 Å². The van der Waals surface area contributed by atoms with Gasteiger partial charge in [-0.05, 0) is 0 Å². The van der Waals surface area contributed by atoms with Crippen molar-refractivity contribution in [1.29, 1.82) is 0 Å². The van der Waals surface area contributed by atoms with Crippen LogP contribution in [0.1, 0.15) is 12.8 Å². The second-order valence-electron chi connectivity index (χ2n) is 3.39. The van der Waals surface area contributed by atoms with Crippen molar-refractivity contribution >= 4 is 21.5 Å². The maximum absolute atomic E-state index is 12.8. The van der Waals surface area contributed by atoms with Gasteiger partial charge in [0.05, 0.1) is 6.20 Å². The van der Waals surface area contributed by atoms with Crippen molar-refractivity contribution in [3.63, 3.8) is 0 Å². The average Bonchev–Trinajstić information content (AvgIpc) is 2.52. The second-order valence-corrected chi connectivity index (χ2v) is 4.43. The zero-order valence-corrected chi connectivity index (χ0v) is 8.36. The van der Waals surface area contributed by atoms with Crippen molar-refractivity contribution < 1.29 is 8.78 Å². The third-order valence-electron chi connectivity index (χ3n) is 2.28. The van der Waals surface area contributed by atoms with E-state index in [2.05, 4.69) is 4.98 Å². The molecule has 1 aliphatic heterocycles. The van der Waals surface area contributed by atoms with E-state index in [0.717, 1.165) is 5.13 Å². The maximum atomic E-state index is 12.8. The fraction of sp³-hybridized carbons (Fsp3) is 0.625. The molecule has 0 amide bonds. The van der Waals surface area contributed by atoms with Crippen LogP contribution in [0.25, 0.3) is 0 Å². The lowest BCUT2D eigenvalue weighted by molar-refractivity contribution is -0.0220. The van der Waals surface area contributed by atoms with Crippen molar-refractivity contribution in [2.45, 2.75) is 18.8 Å². The molecule has 6 heteroatoms. The van der Waals surface area contributed by atoms with Crippen molar-refractivity contribution in [1.82, 2.24) is 4.98 Å². The van der Waals surface area contributed by atoms with Gasteiger partial charge in [-0.15, -0.1) is 0 Å². The Labute approximate surface area is 84.5 Å². The second kappa shape index (κ2) is 3.34. The predicted molar refractivity (Wildman–Crippen MR) is 52.9 cm³/mol. The molecule has 0 atom stereocenters. The summed E-state index contributed by atoms with van der Waals surface area (Å²) in [6, 6.07) is 0. The van der Waals surface area contributed by atoms with Crippen molar-refractivity contribution in [2.24, 2.45) is 0 Å². The molecule has 0 aromatic carbocycles. The standard InChI is InChI=1S/C8H11F2N3S/c9-8(10)1-3-13(4-2-8)7-12-5-6(11)14-7/h5H,1-4,11H2. The van der Waals surface area contributed by atoms with Crippen LogP contribution in [0.4, 0.5) is 18.9 Å². The van der Waals surface area contributed by atoms with Crippen molar-refractivity contribution in [3.05, 3.63) is 6.20 Å². The summed E-state index contributed by atoms with van der Waals surface area (Å²) in [6.07, 6.45) is 1.38. The Morgan fingerprint density at radius 3 is 2.57 bits per heavy atom. The Kier molecular flexibility index (Phi) is 2.30. The first-order valence-corrected chi connectivity index (χ1v) is 5.23. The summed E-state index contributed by atoms with van der Waals surface area (Å²) in [5.74, 6) is -2.50. The molecule has 0 unspecified atom stereocenters. The minimum Gasteiger partial charge on any atom is -0.389 e. The minimum absolute atomic E-state index is 0.0908. The van der Waals surface area contributed by atoms with Gasteiger partial charge in [-0.25, -0.2) is 13.8 Å². The number of alkyl halides is 2. The molecule has 78 valence electrons. The summed E-state index contributed by atoms with van der Waals surface area (Å²) in [5, 5.41) is 1.37. The average molecular weight is 219 g/mol. The van der Waals surface area contributed by atoms with Crippen LogP contribution in [0.15, 0.2) is 6.20 Å². The molecule has 3 nitrogen and oxygen atoms in total. The van der Waals surface area contributed by atoms with Gasteiger partial charge in [0.15, 0.2) is 5.13 Å². The maximum Gasteiger partial charge on any atom is 0.251 e. The number of hydrogen-bond donors (Lipinski definition) is 1. The third kappa shape index (κ3) is 1.95. The number of nitrogens with zero attached hydrogens (tertiary/aromatic N) is 2. The van der Waals surface area contributed by atoms with Gasteiger partial charge in [0.2, 0.25) is 0 Å². The largest absolute Gasteiger partial charge is 0.389 e. The monoisotopic (exact) mass is 219 g/mol. The number of halogens is 2. The third-order valence-corrected chi connectivity index (χ3v) is 3.16. The molecule has 0 saturated carbocycles. The topological polar surface area (TPSA) is 42.1 Å². The molecule has 1 aromatic rings. The van der Waals surface area contributed by atoms with Gasteiger partial charge in [0.25, 0.3) is 5.92 Å². The summed E-state index contributed by atoms with van der Waals surface area (Å²) in [4.78, 5) is 5.92. The molecule has 0 aliphatic carbocycles. The number of anilines is 2. The lowest BCUT2D eigenvalue weighted by Crippen LogP contribution is -2.39. The van der Waals surface area contributed by atoms with Crippen LogP contribution in [0, 0.1) is 0 Å². The Morgan fingerprint density at radius 1 is 1.43 bits per heavy atom. The molecule has 14 heavy (non-hydrogen) atoms. The molecule has 0 bridgehead atoms. The van der Waals surface area contributed by atoms with Crippen molar-refractivity contribution in [2.75, 3.05) is 23.7 Å². The minimum atomic E-state index is -2.50. The van der Waals surface area contributed by atoms with Crippen LogP contribution < -0.4 is 10.6 Å². The van der Waals surface area contributed by atoms with E-state index >= 15 is 0 Å². The summed E-state index contributed by atoms with van der Waals surface area (Å²) < 4.78 is 25.7. The molecule has 1 aliphatic rings. The number of nitrogen functional groups attached to an aromatic ring is 1. The Bertz CT molecular complexity index is 316. The van der Waals surface area contributed by atoms with Crippen LogP contribution in [0.3, 0.4) is 0 Å². The highest BCUT2D eigenvalue weighted by Crippen LogP contribution is 2.32. The SMILES string of the molecule is Nc1cnc(N2CCC(F)(F)CC2)s1. The number of thiazole rings is 1. The van der Waals surface area contributed by atoms with E-state index in [4.69, 9.17) is 5.73 Å². The first-order valence-electron chi connectivity index (χ1n) is 4.41. The molecule has 0 spiro atoms. The van der Waals surface area contributed by atoms with Crippen LogP contribution in [-0.4, -0.2) is 24.0 Å². The Hall–Kier alpha value is -0.910.